The summed E-state index contributed by atoms with van der Waals surface area (Å²) in [7, 11) is 0. The lowest BCUT2D eigenvalue weighted by Crippen LogP contribution is -2.48. The fourth-order valence-corrected chi connectivity index (χ4v) is 7.85. The molecule has 178 valence electrons. The van der Waals surface area contributed by atoms with Crippen LogP contribution in [0.25, 0.3) is 0 Å². The zero-order chi connectivity index (χ0) is 24.2. The van der Waals surface area contributed by atoms with Crippen molar-refractivity contribution in [2.45, 2.75) is 42.4 Å². The molecule has 1 aromatic carbocycles. The van der Waals surface area contributed by atoms with Crippen molar-refractivity contribution >= 4 is 78.6 Å². The van der Waals surface area contributed by atoms with Gasteiger partial charge in [0.25, 0.3) is 0 Å². The predicted molar refractivity (Wildman–Crippen MR) is 131 cm³/mol. The van der Waals surface area contributed by atoms with Crippen LogP contribution in [-0.4, -0.2) is 50.8 Å². The fourth-order valence-electron chi connectivity index (χ4n) is 5.46. The molecule has 0 N–H and O–H groups in total. The Morgan fingerprint density at radius 1 is 1.09 bits per heavy atom. The monoisotopic (exact) mass is 621 g/mol. The molecule has 7 atom stereocenters. The number of ether oxygens (including phenoxy) is 1. The first-order valence-corrected chi connectivity index (χ1v) is 13.4. The van der Waals surface area contributed by atoms with Crippen LogP contribution >= 0.6 is 55.1 Å². The average molecular weight is 624 g/mol. The Morgan fingerprint density at radius 2 is 1.67 bits per heavy atom. The number of alkyl halides is 2. The summed E-state index contributed by atoms with van der Waals surface area (Å²) in [6.45, 7) is 3.26. The van der Waals surface area contributed by atoms with Gasteiger partial charge in [-0.05, 0) is 48.8 Å². The highest BCUT2D eigenvalue weighted by molar-refractivity contribution is 9.12. The van der Waals surface area contributed by atoms with Gasteiger partial charge in [-0.3, -0.25) is 19.3 Å². The van der Waals surface area contributed by atoms with E-state index >= 15 is 0 Å². The summed E-state index contributed by atoms with van der Waals surface area (Å²) >= 11 is 19.3. The summed E-state index contributed by atoms with van der Waals surface area (Å²) in [5.74, 6) is -2.59. The molecule has 33 heavy (non-hydrogen) atoms. The zero-order valence-corrected chi connectivity index (χ0v) is 22.7. The number of hydrogen-bond donors (Lipinski definition) is 0. The van der Waals surface area contributed by atoms with Gasteiger partial charge in [0.2, 0.25) is 17.6 Å². The number of amides is 2. The Bertz CT molecular complexity index is 987. The van der Waals surface area contributed by atoms with Gasteiger partial charge in [-0.1, -0.05) is 68.9 Å². The second-order valence-electron chi connectivity index (χ2n) is 9.35. The number of fused-ring (bicyclic) bond motifs is 5. The summed E-state index contributed by atoms with van der Waals surface area (Å²) < 4.78 is 5.30. The predicted octanol–water partition coefficient (Wildman–Crippen LogP) is 4.91. The van der Waals surface area contributed by atoms with Gasteiger partial charge in [0.05, 0.1) is 16.9 Å². The van der Waals surface area contributed by atoms with E-state index in [4.69, 9.17) is 27.9 Å². The molecule has 1 aromatic rings. The lowest BCUT2D eigenvalue weighted by molar-refractivity contribution is -0.159. The largest absolute Gasteiger partial charge is 0.456 e. The topological polar surface area (TPSA) is 80.8 Å². The molecule has 4 rings (SSSR count). The van der Waals surface area contributed by atoms with Crippen LogP contribution in [0.15, 0.2) is 18.2 Å². The third-order valence-electron chi connectivity index (χ3n) is 6.88. The van der Waals surface area contributed by atoms with Gasteiger partial charge in [0, 0.05) is 20.2 Å². The van der Waals surface area contributed by atoms with E-state index in [1.54, 1.807) is 0 Å². The van der Waals surface area contributed by atoms with E-state index in [9.17, 15) is 19.2 Å². The molecule has 0 aromatic heterocycles. The van der Waals surface area contributed by atoms with Gasteiger partial charge in [-0.2, -0.15) is 0 Å². The standard InChI is InChI=1S/C23H23Br2Cl2NO5/c1-9(2)5-15(23(32)33-8-16(29)11-4-3-10(26)6-14(11)27)28-21(30)17-12-7-13(18(17)22(28)31)20(25)19(12)24/h3-4,6,9,12-13,15,17-20H,5,7-8H2,1-2H3/t12-,13-,15+,17-,18-,19-,20+/m0/s1. The van der Waals surface area contributed by atoms with Crippen molar-refractivity contribution in [3.63, 3.8) is 0 Å². The number of benzene rings is 1. The Morgan fingerprint density at radius 3 is 2.18 bits per heavy atom. The molecule has 2 bridgehead atoms. The molecule has 0 radical (unpaired) electrons. The first kappa shape index (κ1) is 25.1. The highest BCUT2D eigenvalue weighted by atomic mass is 79.9. The molecule has 2 aliphatic carbocycles. The van der Waals surface area contributed by atoms with Gasteiger partial charge in [0.1, 0.15) is 6.04 Å². The Balaban J connectivity index is 1.51. The van der Waals surface area contributed by atoms with Gasteiger partial charge in [0.15, 0.2) is 6.61 Å². The van der Waals surface area contributed by atoms with E-state index in [0.29, 0.717) is 5.02 Å². The van der Waals surface area contributed by atoms with E-state index in [1.165, 1.54) is 18.2 Å². The van der Waals surface area contributed by atoms with Crippen molar-refractivity contribution in [1.82, 2.24) is 4.90 Å². The summed E-state index contributed by atoms with van der Waals surface area (Å²) in [5, 5.41) is 0.539. The molecule has 3 fully saturated rings. The van der Waals surface area contributed by atoms with Crippen LogP contribution in [-0.2, 0) is 19.1 Å². The van der Waals surface area contributed by atoms with Crippen molar-refractivity contribution < 1.29 is 23.9 Å². The Kier molecular flexibility index (Phi) is 7.31. The number of likely N-dealkylation sites (tertiary alicyclic amines) is 1. The normalized spacial score (nSPS) is 31.3. The van der Waals surface area contributed by atoms with Gasteiger partial charge < -0.3 is 4.74 Å². The summed E-state index contributed by atoms with van der Waals surface area (Å²) in [6, 6.07) is 3.35. The van der Waals surface area contributed by atoms with Crippen LogP contribution in [0.3, 0.4) is 0 Å². The molecular weight excluding hydrogens is 601 g/mol. The van der Waals surface area contributed by atoms with Crippen molar-refractivity contribution in [3.8, 4) is 0 Å². The molecular formula is C23H23Br2Cl2NO5. The van der Waals surface area contributed by atoms with Crippen LogP contribution < -0.4 is 0 Å². The van der Waals surface area contributed by atoms with E-state index in [2.05, 4.69) is 31.9 Å². The minimum absolute atomic E-state index is 0.0228. The van der Waals surface area contributed by atoms with Gasteiger partial charge in [-0.15, -0.1) is 0 Å². The van der Waals surface area contributed by atoms with E-state index in [-0.39, 0.29) is 56.2 Å². The van der Waals surface area contributed by atoms with Crippen LogP contribution in [0.1, 0.15) is 37.0 Å². The summed E-state index contributed by atoms with van der Waals surface area (Å²) in [5.41, 5.74) is 0.181. The first-order valence-electron chi connectivity index (χ1n) is 10.8. The quantitative estimate of drug-likeness (QED) is 0.187. The molecule has 1 saturated heterocycles. The maximum Gasteiger partial charge on any atom is 0.329 e. The average Bonchev–Trinajstić information content (AvgIpc) is 3.35. The van der Waals surface area contributed by atoms with Crippen LogP contribution in [0, 0.1) is 29.6 Å². The van der Waals surface area contributed by atoms with E-state index in [1.807, 2.05) is 13.8 Å². The Labute approximate surface area is 218 Å². The van der Waals surface area contributed by atoms with Crippen molar-refractivity contribution in [2.75, 3.05) is 6.61 Å². The lowest BCUT2D eigenvalue weighted by Gasteiger charge is -2.28. The van der Waals surface area contributed by atoms with Crippen molar-refractivity contribution in [2.24, 2.45) is 29.6 Å². The molecule has 1 aliphatic heterocycles. The zero-order valence-electron chi connectivity index (χ0n) is 18.0. The minimum Gasteiger partial charge on any atom is -0.456 e. The number of nitrogens with zero attached hydrogens (tertiary/aromatic N) is 1. The van der Waals surface area contributed by atoms with Crippen molar-refractivity contribution in [3.05, 3.63) is 33.8 Å². The molecule has 2 saturated carbocycles. The minimum atomic E-state index is -1.06. The number of imide groups is 1. The van der Waals surface area contributed by atoms with Gasteiger partial charge >= 0.3 is 5.97 Å². The highest BCUT2D eigenvalue weighted by Gasteiger charge is 2.67. The smallest absolute Gasteiger partial charge is 0.329 e. The lowest BCUT2D eigenvalue weighted by atomic mass is 9.81. The van der Waals surface area contributed by atoms with Crippen LogP contribution in [0.2, 0.25) is 10.0 Å². The third-order valence-corrected chi connectivity index (χ3v) is 10.6. The van der Waals surface area contributed by atoms with Crippen LogP contribution in [0.5, 0.6) is 0 Å². The maximum atomic E-state index is 13.4. The summed E-state index contributed by atoms with van der Waals surface area (Å²) in [4.78, 5) is 53.7. The Hall–Kier alpha value is -0.960. The second-order valence-corrected chi connectivity index (χ2v) is 12.3. The molecule has 0 spiro atoms. The number of carbonyl (C=O) groups excluding carboxylic acids is 4. The third kappa shape index (κ3) is 4.41. The second kappa shape index (κ2) is 9.59. The number of Topliss-reactive ketones (excluding diaryl/α,β-unsaturated/α-hetero) is 1. The molecule has 3 aliphatic rings. The summed E-state index contributed by atoms with van der Waals surface area (Å²) in [6.07, 6.45) is 1.07. The number of halogens is 4. The van der Waals surface area contributed by atoms with E-state index in [0.717, 1.165) is 11.3 Å². The number of ketones is 1. The number of hydrogen-bond acceptors (Lipinski definition) is 5. The highest BCUT2D eigenvalue weighted by Crippen LogP contribution is 2.60. The molecule has 1 heterocycles. The SMILES string of the molecule is CC(C)C[C@H](C(=O)OCC(=O)c1ccc(Cl)cc1Cl)N1C(=O)[C@H]2[C@@H]3C[C@H]([C@@H](Br)[C@H]3Br)[C@@H]2C1=O. The molecule has 0 unspecified atom stereocenters. The maximum absolute atomic E-state index is 13.4. The first-order chi connectivity index (χ1) is 15.5. The number of carbonyl (C=O) groups is 4. The molecule has 10 heteroatoms. The fraction of sp³-hybridized carbons (Fsp3) is 0.565. The number of rotatable bonds is 7. The molecule has 2 amide bonds. The van der Waals surface area contributed by atoms with E-state index < -0.39 is 36.2 Å². The van der Waals surface area contributed by atoms with Gasteiger partial charge in [-0.25, -0.2) is 4.79 Å². The number of esters is 1. The van der Waals surface area contributed by atoms with Crippen molar-refractivity contribution in [1.29, 1.82) is 0 Å². The van der Waals surface area contributed by atoms with Crippen LogP contribution in [0.4, 0.5) is 0 Å². The molecule has 6 nitrogen and oxygen atoms in total.